The molecule has 0 amide bonds. The van der Waals surface area contributed by atoms with Gasteiger partial charge in [0.25, 0.3) is 0 Å². The van der Waals surface area contributed by atoms with Crippen molar-refractivity contribution in [2.45, 2.75) is 84.2 Å². The largest absolute Gasteiger partial charge is 0.396 e. The number of carbonyl (C=O) groups excluding carboxylic acids is 1. The zero-order valence-electron chi connectivity index (χ0n) is 19.6. The Balaban J connectivity index is 1.38. The first-order chi connectivity index (χ1) is 14.9. The summed E-state index contributed by atoms with van der Waals surface area (Å²) in [5.74, 6) is 2.53. The molecular formula is C27H43NO3. The Morgan fingerprint density at radius 2 is 1.81 bits per heavy atom. The van der Waals surface area contributed by atoms with E-state index in [9.17, 15) is 15.0 Å². The van der Waals surface area contributed by atoms with Gasteiger partial charge in [0.05, 0.1) is 6.10 Å². The molecule has 1 heterocycles. The van der Waals surface area contributed by atoms with E-state index in [1.54, 1.807) is 5.57 Å². The second-order valence-corrected chi connectivity index (χ2v) is 12.2. The van der Waals surface area contributed by atoms with E-state index in [2.05, 4.69) is 25.2 Å². The number of aliphatic hydroxyl groups excluding tert-OH is 2. The van der Waals surface area contributed by atoms with Gasteiger partial charge in [-0.25, -0.2) is 0 Å². The van der Waals surface area contributed by atoms with Gasteiger partial charge in [-0.15, -0.1) is 0 Å². The highest BCUT2D eigenvalue weighted by Crippen LogP contribution is 2.67. The topological polar surface area (TPSA) is 69.6 Å². The van der Waals surface area contributed by atoms with Crippen molar-refractivity contribution in [2.75, 3.05) is 19.7 Å². The van der Waals surface area contributed by atoms with Gasteiger partial charge in [-0.1, -0.05) is 25.5 Å². The lowest BCUT2D eigenvalue weighted by molar-refractivity contribution is -0.191. The number of hydrogen-bond acceptors (Lipinski definition) is 4. The number of rotatable bonds is 3. The van der Waals surface area contributed by atoms with Crippen LogP contribution in [0.15, 0.2) is 11.6 Å². The second kappa shape index (κ2) is 8.25. The molecule has 4 aliphatic carbocycles. The number of aliphatic hydroxyl groups is 2. The van der Waals surface area contributed by atoms with Gasteiger partial charge in [0, 0.05) is 24.4 Å². The molecule has 5 unspecified atom stereocenters. The van der Waals surface area contributed by atoms with Crippen LogP contribution in [-0.2, 0) is 4.79 Å². The Bertz CT molecular complexity index is 728. The summed E-state index contributed by atoms with van der Waals surface area (Å²) in [5.41, 5.74) is 1.51. The van der Waals surface area contributed by atoms with E-state index in [0.29, 0.717) is 30.0 Å². The molecule has 1 saturated heterocycles. The Morgan fingerprint density at radius 1 is 1.03 bits per heavy atom. The molecule has 8 atom stereocenters. The number of carbonyl (C=O) groups is 1. The molecule has 0 aromatic carbocycles. The minimum Gasteiger partial charge on any atom is -0.396 e. The van der Waals surface area contributed by atoms with Crippen molar-refractivity contribution in [2.24, 2.45) is 46.3 Å². The maximum Gasteiger partial charge on any atom is 0.139 e. The highest BCUT2D eigenvalue weighted by Gasteiger charge is 2.64. The molecule has 174 valence electrons. The molecule has 5 rings (SSSR count). The average molecular weight is 430 g/mol. The third-order valence-electron chi connectivity index (χ3n) is 11.0. The SMILES string of the molecule is C[C@]12CC/C(=C\CC3CCNCC3)CC1[C@@H](CO)C(O)C1C2CC[C@]2(C)C(=O)CCC12. The van der Waals surface area contributed by atoms with Gasteiger partial charge < -0.3 is 15.5 Å². The summed E-state index contributed by atoms with van der Waals surface area (Å²) in [4.78, 5) is 12.7. The van der Waals surface area contributed by atoms with Crippen LogP contribution in [0.25, 0.3) is 0 Å². The van der Waals surface area contributed by atoms with E-state index in [-0.39, 0.29) is 29.3 Å². The van der Waals surface area contributed by atoms with Gasteiger partial charge in [0.15, 0.2) is 0 Å². The van der Waals surface area contributed by atoms with Crippen molar-refractivity contribution < 1.29 is 15.0 Å². The summed E-state index contributed by atoms with van der Waals surface area (Å²) in [7, 11) is 0. The zero-order chi connectivity index (χ0) is 21.8. The molecule has 0 aromatic heterocycles. The van der Waals surface area contributed by atoms with E-state index in [1.165, 1.54) is 32.1 Å². The Labute approximate surface area is 188 Å². The second-order valence-electron chi connectivity index (χ2n) is 12.2. The molecule has 3 N–H and O–H groups in total. The van der Waals surface area contributed by atoms with E-state index >= 15 is 0 Å². The molecule has 4 heteroatoms. The fourth-order valence-corrected chi connectivity index (χ4v) is 8.94. The van der Waals surface area contributed by atoms with Crippen LogP contribution >= 0.6 is 0 Å². The first-order valence-electron chi connectivity index (χ1n) is 13.1. The van der Waals surface area contributed by atoms with Crippen LogP contribution in [0.3, 0.4) is 0 Å². The predicted octanol–water partition coefficient (Wildman–Crippen LogP) is 4.10. The third-order valence-corrected chi connectivity index (χ3v) is 11.0. The van der Waals surface area contributed by atoms with Crippen LogP contribution in [0.5, 0.6) is 0 Å². The fraction of sp³-hybridized carbons (Fsp3) is 0.889. The van der Waals surface area contributed by atoms with Crippen LogP contribution in [0, 0.1) is 46.3 Å². The van der Waals surface area contributed by atoms with Crippen molar-refractivity contribution >= 4 is 5.78 Å². The Morgan fingerprint density at radius 3 is 2.55 bits per heavy atom. The van der Waals surface area contributed by atoms with Gasteiger partial charge in [-0.3, -0.25) is 4.79 Å². The standard InChI is InChI=1S/C27H43NO3/c1-26-11-7-18(4-3-17-9-13-28-14-10-17)15-22(26)19(16-29)25(31)24-20-5-6-23(30)27(20,2)12-8-21(24)26/h4,17,19-22,24-25,28-29,31H,3,5-16H2,1-2H3/b18-4+/t19-,20?,21?,22?,24?,25?,26-,27+/m1/s1. The summed E-state index contributed by atoms with van der Waals surface area (Å²) < 4.78 is 0. The molecule has 0 aromatic rings. The highest BCUT2D eigenvalue weighted by atomic mass is 16.3. The van der Waals surface area contributed by atoms with Crippen LogP contribution in [0.4, 0.5) is 0 Å². The molecule has 4 nitrogen and oxygen atoms in total. The number of nitrogens with one attached hydrogen (secondary N) is 1. The zero-order valence-corrected chi connectivity index (χ0v) is 19.6. The quantitative estimate of drug-likeness (QED) is 0.591. The number of hydrogen-bond donors (Lipinski definition) is 3. The van der Waals surface area contributed by atoms with Crippen molar-refractivity contribution in [3.8, 4) is 0 Å². The molecule has 0 radical (unpaired) electrons. The number of allylic oxidation sites excluding steroid dienone is 2. The van der Waals surface area contributed by atoms with Crippen molar-refractivity contribution in [3.05, 3.63) is 11.6 Å². The van der Waals surface area contributed by atoms with Crippen molar-refractivity contribution in [3.63, 3.8) is 0 Å². The van der Waals surface area contributed by atoms with E-state index in [1.807, 2.05) is 0 Å². The minimum absolute atomic E-state index is 0.0492. The van der Waals surface area contributed by atoms with Gasteiger partial charge in [-0.05, 0) is 106 Å². The molecule has 31 heavy (non-hydrogen) atoms. The summed E-state index contributed by atoms with van der Waals surface area (Å²) in [6.07, 6.45) is 12.9. The molecule has 0 spiro atoms. The predicted molar refractivity (Wildman–Crippen MR) is 122 cm³/mol. The maximum absolute atomic E-state index is 12.7. The molecular weight excluding hydrogens is 386 g/mol. The molecule has 4 saturated carbocycles. The Hall–Kier alpha value is -0.710. The minimum atomic E-state index is -0.465. The summed E-state index contributed by atoms with van der Waals surface area (Å²) in [5, 5.41) is 25.5. The van der Waals surface area contributed by atoms with Crippen LogP contribution in [0.1, 0.15) is 78.1 Å². The smallest absolute Gasteiger partial charge is 0.139 e. The molecule has 1 aliphatic heterocycles. The lowest BCUT2D eigenvalue weighted by Gasteiger charge is -2.63. The summed E-state index contributed by atoms with van der Waals surface area (Å²) in [6.45, 7) is 7.01. The first-order valence-corrected chi connectivity index (χ1v) is 13.1. The summed E-state index contributed by atoms with van der Waals surface area (Å²) >= 11 is 0. The lowest BCUT2D eigenvalue weighted by Crippen LogP contribution is -2.62. The van der Waals surface area contributed by atoms with Crippen molar-refractivity contribution in [1.82, 2.24) is 5.32 Å². The van der Waals surface area contributed by atoms with Crippen LogP contribution < -0.4 is 5.32 Å². The van der Waals surface area contributed by atoms with Crippen LogP contribution in [0.2, 0.25) is 0 Å². The fourth-order valence-electron chi connectivity index (χ4n) is 8.94. The maximum atomic E-state index is 12.7. The number of Topliss-reactive ketones (excluding diaryl/α,β-unsaturated/α-hetero) is 1. The number of ketones is 1. The average Bonchev–Trinajstić information content (AvgIpc) is 3.08. The van der Waals surface area contributed by atoms with E-state index in [0.717, 1.165) is 44.7 Å². The summed E-state index contributed by atoms with van der Waals surface area (Å²) in [6, 6.07) is 0. The molecule has 5 fully saturated rings. The molecule has 5 aliphatic rings. The normalized spacial score (nSPS) is 49.5. The number of fused-ring (bicyclic) bond motifs is 5. The monoisotopic (exact) mass is 429 g/mol. The molecule has 0 bridgehead atoms. The highest BCUT2D eigenvalue weighted by molar-refractivity contribution is 5.87. The van der Waals surface area contributed by atoms with Crippen LogP contribution in [-0.4, -0.2) is 41.8 Å². The first kappa shape index (κ1) is 22.1. The third kappa shape index (κ3) is 3.47. The van der Waals surface area contributed by atoms with E-state index in [4.69, 9.17) is 0 Å². The van der Waals surface area contributed by atoms with Crippen molar-refractivity contribution in [1.29, 1.82) is 0 Å². The van der Waals surface area contributed by atoms with Gasteiger partial charge >= 0.3 is 0 Å². The van der Waals surface area contributed by atoms with E-state index < -0.39 is 6.10 Å². The number of piperidine rings is 1. The Kier molecular flexibility index (Phi) is 5.88. The van der Waals surface area contributed by atoms with Gasteiger partial charge in [0.1, 0.15) is 5.78 Å². The lowest BCUT2D eigenvalue weighted by atomic mass is 9.42. The van der Waals surface area contributed by atoms with Gasteiger partial charge in [-0.2, -0.15) is 0 Å². The van der Waals surface area contributed by atoms with Gasteiger partial charge in [0.2, 0.25) is 0 Å².